The van der Waals surface area contributed by atoms with E-state index >= 15 is 0 Å². The second-order valence-corrected chi connectivity index (χ2v) is 8.21. The zero-order chi connectivity index (χ0) is 16.2. The molecule has 3 heteroatoms. The Morgan fingerprint density at radius 2 is 2.04 bits per heavy atom. The van der Waals surface area contributed by atoms with Gasteiger partial charge >= 0.3 is 0 Å². The van der Waals surface area contributed by atoms with Crippen LogP contribution in [0.3, 0.4) is 0 Å². The lowest BCUT2D eigenvalue weighted by molar-refractivity contribution is 0.0446. The molecule has 0 radical (unpaired) electrons. The first kappa shape index (κ1) is 15.0. The molecule has 0 spiro atoms. The van der Waals surface area contributed by atoms with Crippen molar-refractivity contribution < 1.29 is 10.3 Å². The number of benzene rings is 1. The van der Waals surface area contributed by atoms with Crippen LogP contribution in [0, 0.1) is 23.2 Å². The van der Waals surface area contributed by atoms with Crippen molar-refractivity contribution in [3.05, 3.63) is 29.3 Å². The van der Waals surface area contributed by atoms with Crippen LogP contribution in [0.4, 0.5) is 0 Å². The van der Waals surface area contributed by atoms with E-state index in [1.54, 1.807) is 0 Å². The van der Waals surface area contributed by atoms with E-state index < -0.39 is 0 Å². The van der Waals surface area contributed by atoms with Crippen molar-refractivity contribution in [1.29, 1.82) is 0 Å². The van der Waals surface area contributed by atoms with E-state index in [1.807, 2.05) is 19.1 Å². The van der Waals surface area contributed by atoms with Crippen LogP contribution in [0.15, 0.2) is 23.4 Å². The molecular weight excluding hydrogens is 286 g/mol. The molecule has 0 bridgehead atoms. The first-order valence-electron chi connectivity index (χ1n) is 9.05. The Labute approximate surface area is 138 Å². The summed E-state index contributed by atoms with van der Waals surface area (Å²) in [5.41, 5.74) is 4.07. The first-order chi connectivity index (χ1) is 11.0. The third-order valence-corrected chi connectivity index (χ3v) is 7.37. The summed E-state index contributed by atoms with van der Waals surface area (Å²) in [5.74, 6) is 2.99. The molecule has 3 nitrogen and oxygen atoms in total. The fraction of sp³-hybridized carbons (Fsp3) is 0.650. The summed E-state index contributed by atoms with van der Waals surface area (Å²) in [6.45, 7) is 4.43. The van der Waals surface area contributed by atoms with Crippen molar-refractivity contribution in [2.75, 3.05) is 0 Å². The number of phenols is 1. The minimum Gasteiger partial charge on any atom is -0.508 e. The molecule has 0 aromatic heterocycles. The van der Waals surface area contributed by atoms with Gasteiger partial charge in [-0.05, 0) is 91.9 Å². The summed E-state index contributed by atoms with van der Waals surface area (Å²) in [4.78, 5) is 0. The quantitative estimate of drug-likeness (QED) is 0.448. The van der Waals surface area contributed by atoms with Crippen LogP contribution in [0.5, 0.6) is 5.75 Å². The first-order valence-corrected chi connectivity index (χ1v) is 9.05. The Kier molecular flexibility index (Phi) is 3.44. The number of oxime groups is 1. The number of aryl methyl sites for hydroxylation is 1. The Hall–Kier alpha value is -1.51. The number of rotatable bonds is 1. The van der Waals surface area contributed by atoms with Gasteiger partial charge < -0.3 is 10.3 Å². The Balaban J connectivity index is 1.67. The monoisotopic (exact) mass is 313 g/mol. The largest absolute Gasteiger partial charge is 0.508 e. The van der Waals surface area contributed by atoms with Crippen molar-refractivity contribution in [2.45, 2.75) is 58.3 Å². The van der Waals surface area contributed by atoms with Crippen LogP contribution < -0.4 is 0 Å². The molecule has 0 amide bonds. The summed E-state index contributed by atoms with van der Waals surface area (Å²) in [5, 5.41) is 22.6. The molecule has 124 valence electrons. The van der Waals surface area contributed by atoms with Gasteiger partial charge in [0.15, 0.2) is 0 Å². The van der Waals surface area contributed by atoms with Gasteiger partial charge in [-0.25, -0.2) is 0 Å². The number of hydrogen-bond donors (Lipinski definition) is 2. The van der Waals surface area contributed by atoms with E-state index in [2.05, 4.69) is 18.1 Å². The number of nitrogens with zero attached hydrogens (tertiary/aromatic N) is 1. The molecule has 2 fully saturated rings. The highest BCUT2D eigenvalue weighted by Gasteiger charge is 2.55. The standard InChI is InChI=1S/C20H27NO2/c1-12(21-23)18-7-8-19-17-5-3-13-11-14(22)4-6-15(13)16(17)9-10-20(18,19)2/h4,6,11,16-19,22-23H,3,5,7-10H2,1-2H3/t16-,17-,18-,19+,20-/m1/s1. The normalized spacial score (nSPS) is 39.5. The van der Waals surface area contributed by atoms with Gasteiger partial charge in [0.25, 0.3) is 0 Å². The van der Waals surface area contributed by atoms with Crippen LogP contribution in [0.2, 0.25) is 0 Å². The highest BCUT2D eigenvalue weighted by molar-refractivity contribution is 5.85. The maximum Gasteiger partial charge on any atom is 0.115 e. The topological polar surface area (TPSA) is 52.8 Å². The second-order valence-electron chi connectivity index (χ2n) is 8.21. The van der Waals surface area contributed by atoms with Crippen LogP contribution in [0.1, 0.15) is 63.0 Å². The highest BCUT2D eigenvalue weighted by Crippen LogP contribution is 2.63. The molecule has 1 aromatic rings. The molecule has 23 heavy (non-hydrogen) atoms. The summed E-state index contributed by atoms with van der Waals surface area (Å²) >= 11 is 0. The average molecular weight is 313 g/mol. The predicted octanol–water partition coefficient (Wildman–Crippen LogP) is 4.71. The minimum absolute atomic E-state index is 0.298. The maximum atomic E-state index is 9.76. The van der Waals surface area contributed by atoms with Crippen molar-refractivity contribution >= 4 is 5.71 Å². The lowest BCUT2D eigenvalue weighted by atomic mass is 9.54. The van der Waals surface area contributed by atoms with E-state index in [0.29, 0.717) is 23.0 Å². The molecule has 3 aliphatic rings. The molecule has 1 aromatic carbocycles. The van der Waals surface area contributed by atoms with E-state index in [0.717, 1.165) is 24.0 Å². The van der Waals surface area contributed by atoms with Crippen molar-refractivity contribution in [1.82, 2.24) is 0 Å². The maximum absolute atomic E-state index is 9.76. The van der Waals surface area contributed by atoms with Crippen molar-refractivity contribution in [2.24, 2.45) is 28.3 Å². The summed E-state index contributed by atoms with van der Waals surface area (Å²) in [6, 6.07) is 5.99. The third-order valence-electron chi connectivity index (χ3n) is 7.37. The molecule has 3 aliphatic carbocycles. The molecule has 2 saturated carbocycles. The summed E-state index contributed by atoms with van der Waals surface area (Å²) < 4.78 is 0. The van der Waals surface area contributed by atoms with Gasteiger partial charge in [0.05, 0.1) is 5.71 Å². The second kappa shape index (κ2) is 5.25. The Morgan fingerprint density at radius 1 is 1.22 bits per heavy atom. The van der Waals surface area contributed by atoms with Gasteiger partial charge in [0.2, 0.25) is 0 Å². The van der Waals surface area contributed by atoms with E-state index in [9.17, 15) is 10.3 Å². The van der Waals surface area contributed by atoms with E-state index in [4.69, 9.17) is 0 Å². The molecule has 2 N–H and O–H groups in total. The van der Waals surface area contributed by atoms with Crippen LogP contribution in [-0.2, 0) is 6.42 Å². The molecule has 5 atom stereocenters. The molecule has 0 saturated heterocycles. The summed E-state index contributed by atoms with van der Waals surface area (Å²) in [7, 11) is 0. The SMILES string of the molecule is CC(=NO)[C@H]1CC[C@H]2[C@@H]3CCc4cc(O)ccc4[C@H]3CC[C@]12C. The van der Waals surface area contributed by atoms with Gasteiger partial charge in [-0.1, -0.05) is 18.1 Å². The Bertz CT molecular complexity index is 653. The van der Waals surface area contributed by atoms with Crippen LogP contribution in [0.25, 0.3) is 0 Å². The van der Waals surface area contributed by atoms with Gasteiger partial charge in [-0.15, -0.1) is 0 Å². The predicted molar refractivity (Wildman–Crippen MR) is 91.1 cm³/mol. The number of aromatic hydroxyl groups is 1. The zero-order valence-corrected chi connectivity index (χ0v) is 14.1. The third kappa shape index (κ3) is 2.12. The molecule has 0 unspecified atom stereocenters. The molecule has 4 rings (SSSR count). The van der Waals surface area contributed by atoms with E-state index in [1.165, 1.54) is 43.2 Å². The molecule has 0 heterocycles. The lowest BCUT2D eigenvalue weighted by Crippen LogP contribution is -2.43. The van der Waals surface area contributed by atoms with Gasteiger partial charge in [-0.2, -0.15) is 0 Å². The van der Waals surface area contributed by atoms with Crippen LogP contribution >= 0.6 is 0 Å². The highest BCUT2D eigenvalue weighted by atomic mass is 16.4. The smallest absolute Gasteiger partial charge is 0.115 e. The van der Waals surface area contributed by atoms with Crippen molar-refractivity contribution in [3.8, 4) is 5.75 Å². The Morgan fingerprint density at radius 3 is 2.83 bits per heavy atom. The van der Waals surface area contributed by atoms with Gasteiger partial charge in [-0.3, -0.25) is 0 Å². The minimum atomic E-state index is 0.298. The summed E-state index contributed by atoms with van der Waals surface area (Å²) in [6.07, 6.45) is 7.21. The fourth-order valence-electron chi connectivity index (χ4n) is 6.32. The molecular formula is C20H27NO2. The molecule has 0 aliphatic heterocycles. The zero-order valence-electron chi connectivity index (χ0n) is 14.1. The van der Waals surface area contributed by atoms with Gasteiger partial charge in [0, 0.05) is 5.92 Å². The fourth-order valence-corrected chi connectivity index (χ4v) is 6.32. The number of hydrogen-bond acceptors (Lipinski definition) is 3. The van der Waals surface area contributed by atoms with Gasteiger partial charge in [0.1, 0.15) is 5.75 Å². The number of phenolic OH excluding ortho intramolecular Hbond substituents is 1. The van der Waals surface area contributed by atoms with Crippen LogP contribution in [-0.4, -0.2) is 16.0 Å². The lowest BCUT2D eigenvalue weighted by Gasteiger charge is -2.51. The van der Waals surface area contributed by atoms with E-state index in [-0.39, 0.29) is 0 Å². The average Bonchev–Trinajstić information content (AvgIpc) is 2.90. The number of fused-ring (bicyclic) bond motifs is 5. The van der Waals surface area contributed by atoms with Crippen molar-refractivity contribution in [3.63, 3.8) is 0 Å².